The minimum absolute atomic E-state index is 0.156. The summed E-state index contributed by atoms with van der Waals surface area (Å²) in [5.74, 6) is 0. The van der Waals surface area contributed by atoms with Crippen molar-refractivity contribution >= 4 is 12.2 Å². The molecule has 0 saturated carbocycles. The number of rotatable bonds is 2. The Balaban J connectivity index is 1.80. The zero-order valence-corrected chi connectivity index (χ0v) is 14.0. The molecule has 0 aromatic heterocycles. The van der Waals surface area contributed by atoms with Gasteiger partial charge in [0.2, 0.25) is 0 Å². The van der Waals surface area contributed by atoms with E-state index < -0.39 is 12.2 Å². The van der Waals surface area contributed by atoms with Crippen molar-refractivity contribution in [2.24, 2.45) is 10.8 Å². The fourth-order valence-electron chi connectivity index (χ4n) is 4.78. The van der Waals surface area contributed by atoms with Gasteiger partial charge < -0.3 is 9.47 Å². The Morgan fingerprint density at radius 1 is 0.917 bits per heavy atom. The molecule has 0 aromatic carbocycles. The molecule has 0 N–H and O–H groups in total. The molecule has 2 heterocycles. The Kier molecular flexibility index (Phi) is 3.27. The topological polar surface area (TPSA) is 59.1 Å². The van der Waals surface area contributed by atoms with E-state index in [1.165, 1.54) is 10.0 Å². The Labute approximate surface area is 141 Å². The average molecular weight is 330 g/mol. The lowest BCUT2D eigenvalue weighted by Crippen LogP contribution is -2.78. The Morgan fingerprint density at radius 3 is 1.67 bits per heavy atom. The highest BCUT2D eigenvalue weighted by Crippen LogP contribution is 2.67. The third-order valence-electron chi connectivity index (χ3n) is 5.82. The Bertz CT molecular complexity index is 616. The van der Waals surface area contributed by atoms with Gasteiger partial charge in [-0.2, -0.15) is 0 Å². The second kappa shape index (κ2) is 5.13. The molecule has 5 rings (SSSR count). The predicted octanol–water partition coefficient (Wildman–Crippen LogP) is 3.03. The van der Waals surface area contributed by atoms with E-state index in [4.69, 9.17) is 9.47 Å². The van der Waals surface area contributed by atoms with E-state index in [-0.39, 0.29) is 36.1 Å². The number of hydrazine groups is 1. The van der Waals surface area contributed by atoms with E-state index in [0.717, 1.165) is 12.8 Å². The first kappa shape index (κ1) is 15.3. The van der Waals surface area contributed by atoms with Gasteiger partial charge in [-0.3, -0.25) is 0 Å². The van der Waals surface area contributed by atoms with E-state index in [1.54, 1.807) is 13.8 Å². The van der Waals surface area contributed by atoms with Crippen LogP contribution in [0.5, 0.6) is 0 Å². The van der Waals surface area contributed by atoms with Crippen LogP contribution in [0.15, 0.2) is 36.5 Å². The van der Waals surface area contributed by atoms with Crippen LogP contribution in [0.25, 0.3) is 0 Å². The molecular formula is C18H22N2O4. The summed E-state index contributed by atoms with van der Waals surface area (Å²) >= 11 is 0. The maximum Gasteiger partial charge on any atom is 0.429 e. The lowest BCUT2D eigenvalue weighted by atomic mass is 9.42. The molecule has 5 aliphatic rings. The van der Waals surface area contributed by atoms with E-state index in [9.17, 15) is 9.59 Å². The molecule has 4 unspecified atom stereocenters. The molecular weight excluding hydrogens is 308 g/mol. The normalized spacial score (nSPS) is 37.6. The smallest absolute Gasteiger partial charge is 0.429 e. The van der Waals surface area contributed by atoms with E-state index >= 15 is 0 Å². The summed E-state index contributed by atoms with van der Waals surface area (Å²) in [5, 5.41) is 2.93. The van der Waals surface area contributed by atoms with Crippen molar-refractivity contribution < 1.29 is 19.1 Å². The number of allylic oxidation sites excluding steroid dienone is 2. The van der Waals surface area contributed by atoms with Gasteiger partial charge >= 0.3 is 12.2 Å². The molecule has 3 aliphatic carbocycles. The van der Waals surface area contributed by atoms with Gasteiger partial charge in [0.15, 0.2) is 0 Å². The largest absolute Gasteiger partial charge is 0.448 e. The van der Waals surface area contributed by atoms with Crippen molar-refractivity contribution in [2.75, 3.05) is 13.2 Å². The number of fused-ring (bicyclic) bond motifs is 1. The first-order chi connectivity index (χ1) is 11.6. The maximum atomic E-state index is 12.6. The van der Waals surface area contributed by atoms with Gasteiger partial charge in [0.05, 0.1) is 25.3 Å². The summed E-state index contributed by atoms with van der Waals surface area (Å²) in [6, 6.07) is -0.471. The van der Waals surface area contributed by atoms with Gasteiger partial charge in [0.25, 0.3) is 0 Å². The highest BCUT2D eigenvalue weighted by atomic mass is 16.6. The zero-order chi connectivity index (χ0) is 16.9. The quantitative estimate of drug-likeness (QED) is 0.730. The molecule has 24 heavy (non-hydrogen) atoms. The monoisotopic (exact) mass is 330 g/mol. The van der Waals surface area contributed by atoms with Crippen LogP contribution in [0.3, 0.4) is 0 Å². The average Bonchev–Trinajstić information content (AvgIpc) is 2.56. The minimum atomic E-state index is -0.497. The second-order valence-corrected chi connectivity index (χ2v) is 6.66. The number of ether oxygens (including phenoxy) is 2. The van der Waals surface area contributed by atoms with Crippen molar-refractivity contribution in [1.82, 2.24) is 10.0 Å². The number of hydrogen-bond acceptors (Lipinski definition) is 4. The van der Waals surface area contributed by atoms with E-state index in [2.05, 4.69) is 24.3 Å². The predicted molar refractivity (Wildman–Crippen MR) is 86.8 cm³/mol. The molecule has 1 fully saturated rings. The van der Waals surface area contributed by atoms with E-state index in [0.29, 0.717) is 0 Å². The van der Waals surface area contributed by atoms with Gasteiger partial charge in [0.1, 0.15) is 0 Å². The van der Waals surface area contributed by atoms with Crippen molar-refractivity contribution in [1.29, 1.82) is 0 Å². The number of nitrogens with zero attached hydrogens (tertiary/aromatic N) is 2. The molecule has 4 atom stereocenters. The second-order valence-electron chi connectivity index (χ2n) is 6.66. The molecule has 0 spiro atoms. The SMILES string of the molecule is CCOC(=O)N1C2C=CC(N1C(=O)OCC)C13C=CC21CC=CC3. The Morgan fingerprint density at radius 2 is 1.33 bits per heavy atom. The molecule has 1 saturated heterocycles. The fraction of sp³-hybridized carbons (Fsp3) is 0.556. The molecule has 2 aliphatic heterocycles. The number of carbonyl (C=O) groups is 2. The number of amides is 2. The zero-order valence-electron chi connectivity index (χ0n) is 14.0. The first-order valence-corrected chi connectivity index (χ1v) is 8.57. The molecule has 6 heteroatoms. The third-order valence-corrected chi connectivity index (χ3v) is 5.82. The lowest BCUT2D eigenvalue weighted by Gasteiger charge is -2.70. The standard InChI is InChI=1S/C18H22N2O4/c1-3-23-15(21)19-13-7-8-14(20(19)16(22)24-4-2)18-10-6-5-9-17(13,18)11-12-18/h5-8,11-14H,3-4,9-10H2,1-2H3. The third kappa shape index (κ3) is 1.61. The summed E-state index contributed by atoms with van der Waals surface area (Å²) in [6.07, 6.45) is 13.6. The fourth-order valence-corrected chi connectivity index (χ4v) is 4.78. The summed E-state index contributed by atoms with van der Waals surface area (Å²) in [5.41, 5.74) is -0.312. The van der Waals surface area contributed by atoms with Crippen molar-refractivity contribution in [2.45, 2.75) is 38.8 Å². The Hall–Kier alpha value is -2.24. The molecule has 0 radical (unpaired) electrons. The van der Waals surface area contributed by atoms with Gasteiger partial charge in [0, 0.05) is 10.8 Å². The van der Waals surface area contributed by atoms with Crippen LogP contribution in [0.4, 0.5) is 9.59 Å². The van der Waals surface area contributed by atoms with Crippen LogP contribution in [0, 0.1) is 10.8 Å². The van der Waals surface area contributed by atoms with Crippen LogP contribution >= 0.6 is 0 Å². The van der Waals surface area contributed by atoms with Crippen molar-refractivity contribution in [3.05, 3.63) is 36.5 Å². The first-order valence-electron chi connectivity index (χ1n) is 8.57. The van der Waals surface area contributed by atoms with Crippen LogP contribution in [-0.2, 0) is 9.47 Å². The molecule has 0 aromatic rings. The maximum absolute atomic E-state index is 12.6. The highest BCUT2D eigenvalue weighted by molar-refractivity contribution is 5.77. The summed E-state index contributed by atoms with van der Waals surface area (Å²) in [4.78, 5) is 25.3. The minimum Gasteiger partial charge on any atom is -0.448 e. The van der Waals surface area contributed by atoms with Gasteiger partial charge in [-0.1, -0.05) is 36.5 Å². The van der Waals surface area contributed by atoms with Gasteiger partial charge in [-0.05, 0) is 26.7 Å². The lowest BCUT2D eigenvalue weighted by molar-refractivity contribution is -0.182. The molecule has 2 bridgehead atoms. The van der Waals surface area contributed by atoms with Crippen LogP contribution < -0.4 is 0 Å². The highest BCUT2D eigenvalue weighted by Gasteiger charge is 2.71. The van der Waals surface area contributed by atoms with Crippen molar-refractivity contribution in [3.63, 3.8) is 0 Å². The molecule has 128 valence electrons. The summed E-state index contributed by atoms with van der Waals surface area (Å²) in [6.45, 7) is 4.06. The number of hydrogen-bond donors (Lipinski definition) is 0. The van der Waals surface area contributed by atoms with Crippen LogP contribution in [-0.4, -0.2) is 47.5 Å². The molecule has 2 amide bonds. The summed E-state index contributed by atoms with van der Waals surface area (Å²) < 4.78 is 10.5. The van der Waals surface area contributed by atoms with Gasteiger partial charge in [-0.15, -0.1) is 0 Å². The number of carbonyl (C=O) groups excluding carboxylic acids is 2. The molecule has 6 nitrogen and oxygen atoms in total. The van der Waals surface area contributed by atoms with Crippen molar-refractivity contribution in [3.8, 4) is 0 Å². The van der Waals surface area contributed by atoms with E-state index in [1.807, 2.05) is 12.2 Å². The summed E-state index contributed by atoms with van der Waals surface area (Å²) in [7, 11) is 0. The van der Waals surface area contributed by atoms with Crippen LogP contribution in [0.2, 0.25) is 0 Å². The van der Waals surface area contributed by atoms with Crippen LogP contribution in [0.1, 0.15) is 26.7 Å². The van der Waals surface area contributed by atoms with Gasteiger partial charge in [-0.25, -0.2) is 19.6 Å².